The van der Waals surface area contributed by atoms with Crippen molar-refractivity contribution >= 4 is 5.65 Å². The SMILES string of the molecule is N#CCCCCc1cnn2c(O)cc(O)nc12. The first-order chi connectivity index (χ1) is 8.22. The van der Waals surface area contributed by atoms with E-state index in [1.165, 1.54) is 4.52 Å². The number of rotatable bonds is 4. The summed E-state index contributed by atoms with van der Waals surface area (Å²) in [5.41, 5.74) is 1.31. The van der Waals surface area contributed by atoms with Gasteiger partial charge in [0.1, 0.15) is 0 Å². The maximum Gasteiger partial charge on any atom is 0.219 e. The van der Waals surface area contributed by atoms with E-state index in [1.54, 1.807) is 6.20 Å². The van der Waals surface area contributed by atoms with Gasteiger partial charge >= 0.3 is 0 Å². The molecule has 2 aromatic rings. The van der Waals surface area contributed by atoms with Crippen LogP contribution in [0.3, 0.4) is 0 Å². The van der Waals surface area contributed by atoms with Crippen molar-refractivity contribution in [3.63, 3.8) is 0 Å². The van der Waals surface area contributed by atoms with Crippen LogP contribution in [0.1, 0.15) is 24.8 Å². The molecule has 0 aromatic carbocycles. The first-order valence-corrected chi connectivity index (χ1v) is 5.35. The normalized spacial score (nSPS) is 10.5. The molecule has 6 nitrogen and oxygen atoms in total. The van der Waals surface area contributed by atoms with E-state index in [0.717, 1.165) is 30.9 Å². The second-order valence-electron chi connectivity index (χ2n) is 3.74. The quantitative estimate of drug-likeness (QED) is 0.776. The summed E-state index contributed by atoms with van der Waals surface area (Å²) in [4.78, 5) is 3.93. The fourth-order valence-electron chi connectivity index (χ4n) is 1.68. The van der Waals surface area contributed by atoms with Gasteiger partial charge in [0.15, 0.2) is 5.65 Å². The van der Waals surface area contributed by atoms with Crippen molar-refractivity contribution in [3.05, 3.63) is 17.8 Å². The zero-order chi connectivity index (χ0) is 12.3. The maximum atomic E-state index is 9.53. The van der Waals surface area contributed by atoms with Crippen molar-refractivity contribution in [2.45, 2.75) is 25.7 Å². The summed E-state index contributed by atoms with van der Waals surface area (Å²) in [5.74, 6) is -0.371. The van der Waals surface area contributed by atoms with Crippen molar-refractivity contribution < 1.29 is 10.2 Å². The van der Waals surface area contributed by atoms with Gasteiger partial charge in [-0.15, -0.1) is 0 Å². The van der Waals surface area contributed by atoms with E-state index in [0.29, 0.717) is 12.1 Å². The number of nitriles is 1. The zero-order valence-corrected chi connectivity index (χ0v) is 9.17. The fourth-order valence-corrected chi connectivity index (χ4v) is 1.68. The summed E-state index contributed by atoms with van der Waals surface area (Å²) in [6.07, 6.45) is 4.55. The van der Waals surface area contributed by atoms with E-state index in [2.05, 4.69) is 16.2 Å². The van der Waals surface area contributed by atoms with E-state index >= 15 is 0 Å². The second kappa shape index (κ2) is 4.70. The lowest BCUT2D eigenvalue weighted by Crippen LogP contribution is -1.92. The number of hydrogen-bond donors (Lipinski definition) is 2. The van der Waals surface area contributed by atoms with Gasteiger partial charge in [-0.25, -0.2) is 0 Å². The summed E-state index contributed by atoms with van der Waals surface area (Å²) in [5, 5.41) is 31.3. The Kier molecular flexibility index (Phi) is 3.10. The minimum Gasteiger partial charge on any atom is -0.493 e. The Morgan fingerprint density at radius 3 is 2.94 bits per heavy atom. The molecule has 0 unspecified atom stereocenters. The minimum atomic E-state index is -0.228. The van der Waals surface area contributed by atoms with Crippen LogP contribution in [0.15, 0.2) is 12.3 Å². The molecule has 0 aliphatic carbocycles. The monoisotopic (exact) mass is 232 g/mol. The van der Waals surface area contributed by atoms with Crippen LogP contribution >= 0.6 is 0 Å². The van der Waals surface area contributed by atoms with Crippen LogP contribution in [0.5, 0.6) is 11.8 Å². The molecule has 0 aliphatic rings. The predicted octanol–water partition coefficient (Wildman–Crippen LogP) is 1.38. The second-order valence-corrected chi connectivity index (χ2v) is 3.74. The van der Waals surface area contributed by atoms with Gasteiger partial charge in [0.25, 0.3) is 0 Å². The van der Waals surface area contributed by atoms with Gasteiger partial charge < -0.3 is 10.2 Å². The standard InChI is InChI=1S/C11H12N4O2/c12-5-3-1-2-4-8-7-13-15-10(17)6-9(16)14-11(8)15/h6-7,17H,1-4H2,(H,14,16). The van der Waals surface area contributed by atoms with Gasteiger partial charge in [-0.05, 0) is 19.3 Å². The number of hydrogen-bond acceptors (Lipinski definition) is 5. The van der Waals surface area contributed by atoms with Crippen molar-refractivity contribution in [3.8, 4) is 17.8 Å². The molecule has 17 heavy (non-hydrogen) atoms. The number of unbranched alkanes of at least 4 members (excludes halogenated alkanes) is 2. The lowest BCUT2D eigenvalue weighted by Gasteiger charge is -2.00. The molecule has 2 heterocycles. The molecule has 0 spiro atoms. The van der Waals surface area contributed by atoms with Crippen LogP contribution < -0.4 is 0 Å². The third-order valence-electron chi connectivity index (χ3n) is 2.50. The van der Waals surface area contributed by atoms with Crippen molar-refractivity contribution in [1.82, 2.24) is 14.6 Å². The third kappa shape index (κ3) is 2.28. The molecule has 0 fully saturated rings. The Hall–Kier alpha value is -2.29. The molecular formula is C11H12N4O2. The Morgan fingerprint density at radius 2 is 2.18 bits per heavy atom. The van der Waals surface area contributed by atoms with Gasteiger partial charge in [-0.3, -0.25) is 0 Å². The number of aryl methyl sites for hydroxylation is 1. The summed E-state index contributed by atoms with van der Waals surface area (Å²) in [6.45, 7) is 0. The lowest BCUT2D eigenvalue weighted by atomic mass is 10.1. The van der Waals surface area contributed by atoms with Crippen LogP contribution in [0.2, 0.25) is 0 Å². The van der Waals surface area contributed by atoms with E-state index in [4.69, 9.17) is 5.26 Å². The van der Waals surface area contributed by atoms with Gasteiger partial charge in [0.2, 0.25) is 11.8 Å². The first-order valence-electron chi connectivity index (χ1n) is 5.35. The highest BCUT2D eigenvalue weighted by atomic mass is 16.3. The molecule has 0 radical (unpaired) electrons. The van der Waals surface area contributed by atoms with Gasteiger partial charge in [-0.2, -0.15) is 19.9 Å². The zero-order valence-electron chi connectivity index (χ0n) is 9.17. The van der Waals surface area contributed by atoms with Crippen LogP contribution in [-0.2, 0) is 6.42 Å². The van der Waals surface area contributed by atoms with Crippen molar-refractivity contribution in [1.29, 1.82) is 5.26 Å². The number of nitrogens with zero attached hydrogens (tertiary/aromatic N) is 4. The summed E-state index contributed by atoms with van der Waals surface area (Å²) >= 11 is 0. The summed E-state index contributed by atoms with van der Waals surface area (Å²) in [7, 11) is 0. The number of aromatic hydroxyl groups is 2. The van der Waals surface area contributed by atoms with Crippen LogP contribution in [-0.4, -0.2) is 24.8 Å². The highest BCUT2D eigenvalue weighted by Gasteiger charge is 2.10. The Bertz CT molecular complexity index is 571. The molecule has 6 heteroatoms. The largest absolute Gasteiger partial charge is 0.493 e. The van der Waals surface area contributed by atoms with Crippen molar-refractivity contribution in [2.75, 3.05) is 0 Å². The van der Waals surface area contributed by atoms with Gasteiger partial charge in [0.05, 0.1) is 18.3 Å². The molecule has 2 rings (SSSR count). The van der Waals surface area contributed by atoms with Gasteiger partial charge in [-0.1, -0.05) is 0 Å². The number of fused-ring (bicyclic) bond motifs is 1. The van der Waals surface area contributed by atoms with Gasteiger partial charge in [0, 0.05) is 12.0 Å². The average Bonchev–Trinajstić information content (AvgIpc) is 2.68. The molecule has 0 aliphatic heterocycles. The Labute approximate surface area is 97.8 Å². The number of aromatic nitrogens is 3. The van der Waals surface area contributed by atoms with E-state index < -0.39 is 0 Å². The van der Waals surface area contributed by atoms with E-state index in [-0.39, 0.29) is 11.8 Å². The molecule has 2 N–H and O–H groups in total. The predicted molar refractivity (Wildman–Crippen MR) is 59.5 cm³/mol. The third-order valence-corrected chi connectivity index (χ3v) is 2.50. The summed E-state index contributed by atoms with van der Waals surface area (Å²) in [6, 6.07) is 3.23. The molecular weight excluding hydrogens is 220 g/mol. The van der Waals surface area contributed by atoms with Crippen molar-refractivity contribution in [2.24, 2.45) is 0 Å². The topological polar surface area (TPSA) is 94.4 Å². The highest BCUT2D eigenvalue weighted by molar-refractivity contribution is 5.50. The minimum absolute atomic E-state index is 0.143. The van der Waals surface area contributed by atoms with Crippen LogP contribution in [0.4, 0.5) is 0 Å². The molecule has 0 saturated heterocycles. The van der Waals surface area contributed by atoms with E-state index in [9.17, 15) is 10.2 Å². The Morgan fingerprint density at radius 1 is 1.35 bits per heavy atom. The first kappa shape index (κ1) is 11.2. The molecule has 0 amide bonds. The average molecular weight is 232 g/mol. The molecule has 0 atom stereocenters. The van der Waals surface area contributed by atoms with E-state index in [1.807, 2.05) is 0 Å². The Balaban J connectivity index is 2.21. The maximum absolute atomic E-state index is 9.53. The highest BCUT2D eigenvalue weighted by Crippen LogP contribution is 2.20. The summed E-state index contributed by atoms with van der Waals surface area (Å²) < 4.78 is 1.28. The fraction of sp³-hybridized carbons (Fsp3) is 0.364. The molecule has 0 bridgehead atoms. The molecule has 2 aromatic heterocycles. The lowest BCUT2D eigenvalue weighted by molar-refractivity contribution is 0.412. The van der Waals surface area contributed by atoms with Crippen LogP contribution in [0.25, 0.3) is 5.65 Å². The molecule has 88 valence electrons. The van der Waals surface area contributed by atoms with Crippen LogP contribution in [0, 0.1) is 11.3 Å². The smallest absolute Gasteiger partial charge is 0.219 e. The molecule has 0 saturated carbocycles.